The molecule has 1 saturated heterocycles. The second-order valence-electron chi connectivity index (χ2n) is 4.21. The van der Waals surface area contributed by atoms with E-state index in [0.29, 0.717) is 49.1 Å². The van der Waals surface area contributed by atoms with E-state index in [9.17, 15) is 4.79 Å². The molecule has 3 rings (SSSR count). The Bertz CT molecular complexity index is 640. The Kier molecular flexibility index (Phi) is 2.44. The fourth-order valence-corrected chi connectivity index (χ4v) is 2.01. The molecule has 2 aromatic heterocycles. The molecule has 1 aliphatic heterocycles. The number of ether oxygens (including phenoxy) is 1. The van der Waals surface area contributed by atoms with E-state index in [4.69, 9.17) is 10.5 Å². The van der Waals surface area contributed by atoms with Crippen LogP contribution in [0.1, 0.15) is 0 Å². The molecule has 0 atom stereocenters. The first-order valence-corrected chi connectivity index (χ1v) is 5.72. The lowest BCUT2D eigenvalue weighted by Gasteiger charge is -2.26. The Morgan fingerprint density at radius 2 is 2.06 bits per heavy atom. The number of anilines is 2. The zero-order valence-corrected chi connectivity index (χ0v) is 10.0. The van der Waals surface area contributed by atoms with Crippen LogP contribution in [0.15, 0.2) is 4.79 Å². The van der Waals surface area contributed by atoms with Crippen molar-refractivity contribution >= 4 is 22.8 Å². The number of nitrogens with one attached hydrogen (secondary N) is 1. The van der Waals surface area contributed by atoms with Gasteiger partial charge in [-0.15, -0.1) is 0 Å². The number of aromatic nitrogens is 4. The lowest BCUT2D eigenvalue weighted by molar-refractivity contribution is 0.122. The second kappa shape index (κ2) is 3.98. The molecule has 1 aliphatic rings. The van der Waals surface area contributed by atoms with Crippen LogP contribution in [0.4, 0.5) is 11.8 Å². The number of hydrogen-bond acceptors (Lipinski definition) is 6. The summed E-state index contributed by atoms with van der Waals surface area (Å²) in [5.74, 6) is 0.777. The lowest BCUT2D eigenvalue weighted by atomic mass is 10.4. The van der Waals surface area contributed by atoms with E-state index in [0.717, 1.165) is 0 Å². The van der Waals surface area contributed by atoms with Crippen LogP contribution in [0, 0.1) is 0 Å². The predicted molar refractivity (Wildman–Crippen MR) is 66.6 cm³/mol. The maximum atomic E-state index is 11.9. The molecule has 8 heteroatoms. The van der Waals surface area contributed by atoms with E-state index in [-0.39, 0.29) is 5.56 Å². The summed E-state index contributed by atoms with van der Waals surface area (Å²) >= 11 is 0. The van der Waals surface area contributed by atoms with Gasteiger partial charge in [0.05, 0.1) is 13.2 Å². The molecule has 0 aromatic carbocycles. The minimum Gasteiger partial charge on any atom is -0.382 e. The molecule has 3 heterocycles. The van der Waals surface area contributed by atoms with Crippen molar-refractivity contribution in [2.45, 2.75) is 0 Å². The number of aromatic amines is 1. The van der Waals surface area contributed by atoms with Gasteiger partial charge in [-0.05, 0) is 0 Å². The number of H-pyrrole nitrogens is 1. The van der Waals surface area contributed by atoms with Crippen molar-refractivity contribution in [3.8, 4) is 0 Å². The summed E-state index contributed by atoms with van der Waals surface area (Å²) in [4.78, 5) is 22.3. The first-order valence-electron chi connectivity index (χ1n) is 5.72. The molecule has 0 spiro atoms. The van der Waals surface area contributed by atoms with Crippen molar-refractivity contribution in [1.82, 2.24) is 19.7 Å². The Morgan fingerprint density at radius 3 is 2.78 bits per heavy atom. The molecule has 0 radical (unpaired) electrons. The predicted octanol–water partition coefficient (Wildman–Crippen LogP) is -0.925. The smallest absolute Gasteiger partial charge is 0.293 e. The van der Waals surface area contributed by atoms with Crippen LogP contribution in [0.3, 0.4) is 0 Å². The monoisotopic (exact) mass is 250 g/mol. The fourth-order valence-electron chi connectivity index (χ4n) is 2.01. The summed E-state index contributed by atoms with van der Waals surface area (Å²) in [6.07, 6.45) is 0. The van der Waals surface area contributed by atoms with Crippen molar-refractivity contribution in [1.29, 1.82) is 0 Å². The number of rotatable bonds is 1. The standard InChI is InChI=1S/C10H14N6O2/c1-15-9(17)7-6(14-15)8(11)13-10(12-7)16-2-4-18-5-3-16/h14H,2-5H2,1H3,(H2,11,12,13). The van der Waals surface area contributed by atoms with Crippen molar-refractivity contribution in [2.75, 3.05) is 36.9 Å². The van der Waals surface area contributed by atoms with Gasteiger partial charge in [0.15, 0.2) is 11.3 Å². The molecule has 0 unspecified atom stereocenters. The first kappa shape index (κ1) is 11.0. The molecular weight excluding hydrogens is 236 g/mol. The molecule has 0 aliphatic carbocycles. The Balaban J connectivity index is 2.13. The Morgan fingerprint density at radius 1 is 1.33 bits per heavy atom. The van der Waals surface area contributed by atoms with Gasteiger partial charge in [0.1, 0.15) is 5.52 Å². The van der Waals surface area contributed by atoms with Crippen LogP contribution in [-0.4, -0.2) is 46.1 Å². The highest BCUT2D eigenvalue weighted by molar-refractivity contribution is 5.84. The summed E-state index contributed by atoms with van der Waals surface area (Å²) in [5, 5.41) is 2.84. The minimum atomic E-state index is -0.200. The van der Waals surface area contributed by atoms with Gasteiger partial charge >= 0.3 is 0 Å². The zero-order chi connectivity index (χ0) is 12.7. The topological polar surface area (TPSA) is 102 Å². The SMILES string of the molecule is Cn1[nH]c2c(N)nc(N3CCOCC3)nc2c1=O. The van der Waals surface area contributed by atoms with Gasteiger partial charge in [-0.2, -0.15) is 4.98 Å². The molecule has 96 valence electrons. The Hall–Kier alpha value is -2.09. The van der Waals surface area contributed by atoms with Crippen LogP contribution in [0.2, 0.25) is 0 Å². The fraction of sp³-hybridized carbons (Fsp3) is 0.500. The summed E-state index contributed by atoms with van der Waals surface area (Å²) in [7, 11) is 1.62. The van der Waals surface area contributed by atoms with Crippen LogP contribution < -0.4 is 16.2 Å². The summed E-state index contributed by atoms with van der Waals surface area (Å²) in [6, 6.07) is 0. The third-order valence-corrected chi connectivity index (χ3v) is 3.01. The van der Waals surface area contributed by atoms with E-state index in [2.05, 4.69) is 15.1 Å². The van der Waals surface area contributed by atoms with Gasteiger partial charge in [0.2, 0.25) is 5.95 Å². The highest BCUT2D eigenvalue weighted by Gasteiger charge is 2.18. The molecule has 0 bridgehead atoms. The maximum Gasteiger partial charge on any atom is 0.293 e. The molecule has 8 nitrogen and oxygen atoms in total. The largest absolute Gasteiger partial charge is 0.382 e. The number of hydrogen-bond donors (Lipinski definition) is 2. The van der Waals surface area contributed by atoms with Crippen LogP contribution in [0.5, 0.6) is 0 Å². The first-order chi connectivity index (χ1) is 8.66. The number of morpholine rings is 1. The van der Waals surface area contributed by atoms with Gasteiger partial charge < -0.3 is 15.4 Å². The van der Waals surface area contributed by atoms with Crippen LogP contribution in [-0.2, 0) is 11.8 Å². The quantitative estimate of drug-likeness (QED) is 0.678. The second-order valence-corrected chi connectivity index (χ2v) is 4.21. The van der Waals surface area contributed by atoms with Gasteiger partial charge in [-0.1, -0.05) is 0 Å². The van der Waals surface area contributed by atoms with Crippen molar-refractivity contribution in [2.24, 2.45) is 7.05 Å². The van der Waals surface area contributed by atoms with Gasteiger partial charge in [0, 0.05) is 20.1 Å². The van der Waals surface area contributed by atoms with Gasteiger partial charge in [-0.25, -0.2) is 4.98 Å². The summed E-state index contributed by atoms with van der Waals surface area (Å²) in [5.41, 5.74) is 6.46. The number of nitrogens with two attached hydrogens (primary N) is 1. The minimum absolute atomic E-state index is 0.200. The number of nitrogen functional groups attached to an aromatic ring is 1. The van der Waals surface area contributed by atoms with E-state index >= 15 is 0 Å². The molecule has 1 fully saturated rings. The average Bonchev–Trinajstić information content (AvgIpc) is 2.68. The van der Waals surface area contributed by atoms with E-state index in [1.165, 1.54) is 4.68 Å². The summed E-state index contributed by atoms with van der Waals surface area (Å²) in [6.45, 7) is 2.67. The Labute approximate surface area is 102 Å². The molecule has 0 amide bonds. The number of nitrogens with zero attached hydrogens (tertiary/aromatic N) is 4. The van der Waals surface area contributed by atoms with Crippen LogP contribution >= 0.6 is 0 Å². The van der Waals surface area contributed by atoms with E-state index in [1.807, 2.05) is 4.90 Å². The maximum absolute atomic E-state index is 11.9. The highest BCUT2D eigenvalue weighted by atomic mass is 16.5. The normalized spacial score (nSPS) is 16.4. The number of aryl methyl sites for hydroxylation is 1. The third-order valence-electron chi connectivity index (χ3n) is 3.01. The third kappa shape index (κ3) is 1.61. The highest BCUT2D eigenvalue weighted by Crippen LogP contribution is 2.17. The lowest BCUT2D eigenvalue weighted by Crippen LogP contribution is -2.37. The van der Waals surface area contributed by atoms with Crippen molar-refractivity contribution < 1.29 is 4.74 Å². The molecular formula is C10H14N6O2. The molecule has 18 heavy (non-hydrogen) atoms. The van der Waals surface area contributed by atoms with Gasteiger partial charge in [0.25, 0.3) is 5.56 Å². The molecule has 0 saturated carbocycles. The van der Waals surface area contributed by atoms with Crippen molar-refractivity contribution in [3.63, 3.8) is 0 Å². The summed E-state index contributed by atoms with van der Waals surface area (Å²) < 4.78 is 6.61. The zero-order valence-electron chi connectivity index (χ0n) is 10.0. The number of fused-ring (bicyclic) bond motifs is 1. The van der Waals surface area contributed by atoms with E-state index in [1.54, 1.807) is 7.05 Å². The average molecular weight is 250 g/mol. The van der Waals surface area contributed by atoms with Crippen LogP contribution in [0.25, 0.3) is 11.0 Å². The molecule has 3 N–H and O–H groups in total. The molecule has 2 aromatic rings. The van der Waals surface area contributed by atoms with E-state index < -0.39 is 0 Å². The van der Waals surface area contributed by atoms with Crippen molar-refractivity contribution in [3.05, 3.63) is 10.4 Å². The van der Waals surface area contributed by atoms with Gasteiger partial charge in [-0.3, -0.25) is 14.6 Å².